The number of rotatable bonds is 6. The Hall–Kier alpha value is -0.610. The Morgan fingerprint density at radius 1 is 1.50 bits per heavy atom. The number of nitrogens with zero attached hydrogens (tertiary/aromatic N) is 1. The highest BCUT2D eigenvalue weighted by atomic mass is 16.4. The molecule has 0 amide bonds. The highest BCUT2D eigenvalue weighted by Gasteiger charge is 2.11. The summed E-state index contributed by atoms with van der Waals surface area (Å²) in [5, 5.41) is 11.6. The van der Waals surface area contributed by atoms with Crippen LogP contribution in [0.4, 0.5) is 0 Å². The number of aliphatic carboxylic acids is 1. The van der Waals surface area contributed by atoms with Gasteiger partial charge in [-0.2, -0.15) is 0 Å². The SMILES string of the molecule is C[C@@H](NCCCN1CCCC1)C(=O)O. The van der Waals surface area contributed by atoms with Gasteiger partial charge < -0.3 is 15.3 Å². The summed E-state index contributed by atoms with van der Waals surface area (Å²) in [5.41, 5.74) is 0. The van der Waals surface area contributed by atoms with E-state index in [2.05, 4.69) is 10.2 Å². The molecule has 0 radical (unpaired) electrons. The summed E-state index contributed by atoms with van der Waals surface area (Å²) < 4.78 is 0. The Morgan fingerprint density at radius 3 is 2.71 bits per heavy atom. The van der Waals surface area contributed by atoms with Gasteiger partial charge in [0.2, 0.25) is 0 Å². The van der Waals surface area contributed by atoms with Crippen molar-refractivity contribution in [2.75, 3.05) is 26.2 Å². The summed E-state index contributed by atoms with van der Waals surface area (Å²) in [6.45, 7) is 6.00. The molecule has 82 valence electrons. The van der Waals surface area contributed by atoms with Crippen LogP contribution in [0, 0.1) is 0 Å². The van der Waals surface area contributed by atoms with Gasteiger partial charge in [-0.1, -0.05) is 0 Å². The molecular formula is C10H20N2O2. The van der Waals surface area contributed by atoms with Gasteiger partial charge in [-0.3, -0.25) is 4.79 Å². The van der Waals surface area contributed by atoms with Gasteiger partial charge in [0.25, 0.3) is 0 Å². The van der Waals surface area contributed by atoms with Crippen LogP contribution in [0.25, 0.3) is 0 Å². The Bertz CT molecular complexity index is 179. The smallest absolute Gasteiger partial charge is 0.320 e. The molecule has 1 fully saturated rings. The molecular weight excluding hydrogens is 180 g/mol. The van der Waals surface area contributed by atoms with Crippen LogP contribution in [-0.2, 0) is 4.79 Å². The molecule has 1 rings (SSSR count). The van der Waals surface area contributed by atoms with Crippen LogP contribution < -0.4 is 5.32 Å². The summed E-state index contributed by atoms with van der Waals surface area (Å²) in [4.78, 5) is 12.9. The van der Waals surface area contributed by atoms with Crippen LogP contribution in [-0.4, -0.2) is 48.2 Å². The number of likely N-dealkylation sites (tertiary alicyclic amines) is 1. The average molecular weight is 200 g/mol. The number of carboxylic acids is 1. The van der Waals surface area contributed by atoms with Crippen LogP contribution in [0.1, 0.15) is 26.2 Å². The Labute approximate surface area is 85.3 Å². The molecule has 0 aromatic rings. The van der Waals surface area contributed by atoms with Crippen molar-refractivity contribution in [3.8, 4) is 0 Å². The maximum Gasteiger partial charge on any atom is 0.320 e. The second-order valence-corrected chi connectivity index (χ2v) is 3.92. The molecule has 0 unspecified atom stereocenters. The third kappa shape index (κ3) is 4.07. The van der Waals surface area contributed by atoms with Crippen molar-refractivity contribution in [1.29, 1.82) is 0 Å². The topological polar surface area (TPSA) is 52.6 Å². The van der Waals surface area contributed by atoms with Crippen LogP contribution in [0.2, 0.25) is 0 Å². The quantitative estimate of drug-likeness (QED) is 0.614. The molecule has 1 saturated heterocycles. The molecule has 4 heteroatoms. The lowest BCUT2D eigenvalue weighted by Crippen LogP contribution is -2.35. The van der Waals surface area contributed by atoms with Crippen molar-refractivity contribution >= 4 is 5.97 Å². The van der Waals surface area contributed by atoms with E-state index >= 15 is 0 Å². The van der Waals surface area contributed by atoms with Gasteiger partial charge >= 0.3 is 5.97 Å². The Balaban J connectivity index is 1.95. The number of carboxylic acid groups (broad SMARTS) is 1. The zero-order valence-electron chi connectivity index (χ0n) is 8.83. The first-order valence-corrected chi connectivity index (χ1v) is 5.38. The summed E-state index contributed by atoms with van der Waals surface area (Å²) in [6.07, 6.45) is 3.68. The highest BCUT2D eigenvalue weighted by Crippen LogP contribution is 2.06. The lowest BCUT2D eigenvalue weighted by atomic mass is 10.3. The molecule has 4 nitrogen and oxygen atoms in total. The number of hydrogen-bond acceptors (Lipinski definition) is 3. The summed E-state index contributed by atoms with van der Waals surface area (Å²) in [5.74, 6) is -0.772. The molecule has 0 bridgehead atoms. The minimum atomic E-state index is -0.772. The van der Waals surface area contributed by atoms with Crippen molar-refractivity contribution in [3.63, 3.8) is 0 Å². The van der Waals surface area contributed by atoms with E-state index in [1.54, 1.807) is 6.92 Å². The summed E-state index contributed by atoms with van der Waals surface area (Å²) in [7, 11) is 0. The van der Waals surface area contributed by atoms with Crippen LogP contribution in [0.15, 0.2) is 0 Å². The molecule has 0 saturated carbocycles. The van der Waals surface area contributed by atoms with E-state index in [9.17, 15) is 4.79 Å². The molecule has 0 aliphatic carbocycles. The molecule has 1 heterocycles. The molecule has 1 atom stereocenters. The number of hydrogen-bond donors (Lipinski definition) is 2. The number of carbonyl (C=O) groups is 1. The molecule has 0 aromatic carbocycles. The standard InChI is InChI=1S/C10H20N2O2/c1-9(10(13)14)11-5-4-8-12-6-2-3-7-12/h9,11H,2-8H2,1H3,(H,13,14)/t9-/m1/s1. The zero-order valence-corrected chi connectivity index (χ0v) is 8.83. The highest BCUT2D eigenvalue weighted by molar-refractivity contribution is 5.72. The van der Waals surface area contributed by atoms with Gasteiger partial charge in [-0.05, 0) is 52.4 Å². The largest absolute Gasteiger partial charge is 0.480 e. The first-order valence-electron chi connectivity index (χ1n) is 5.38. The van der Waals surface area contributed by atoms with Crippen LogP contribution in [0.5, 0.6) is 0 Å². The average Bonchev–Trinajstić information content (AvgIpc) is 2.64. The van der Waals surface area contributed by atoms with Crippen molar-refractivity contribution in [2.24, 2.45) is 0 Å². The monoisotopic (exact) mass is 200 g/mol. The Morgan fingerprint density at radius 2 is 2.14 bits per heavy atom. The third-order valence-electron chi connectivity index (χ3n) is 2.67. The van der Waals surface area contributed by atoms with E-state index in [1.165, 1.54) is 25.9 Å². The van der Waals surface area contributed by atoms with Crippen molar-refractivity contribution < 1.29 is 9.90 Å². The number of nitrogens with one attached hydrogen (secondary N) is 1. The maximum absolute atomic E-state index is 10.5. The van der Waals surface area contributed by atoms with E-state index in [0.717, 1.165) is 19.5 Å². The van der Waals surface area contributed by atoms with E-state index < -0.39 is 12.0 Å². The molecule has 1 aliphatic rings. The lowest BCUT2D eigenvalue weighted by Gasteiger charge is -2.15. The predicted molar refractivity (Wildman–Crippen MR) is 55.4 cm³/mol. The van der Waals surface area contributed by atoms with E-state index in [4.69, 9.17) is 5.11 Å². The second-order valence-electron chi connectivity index (χ2n) is 3.92. The van der Waals surface area contributed by atoms with E-state index in [-0.39, 0.29) is 0 Å². The van der Waals surface area contributed by atoms with Gasteiger partial charge in [0, 0.05) is 0 Å². The fourth-order valence-electron chi connectivity index (χ4n) is 1.71. The van der Waals surface area contributed by atoms with E-state index in [0.29, 0.717) is 0 Å². The van der Waals surface area contributed by atoms with Gasteiger partial charge in [-0.15, -0.1) is 0 Å². The van der Waals surface area contributed by atoms with Crippen LogP contribution in [0.3, 0.4) is 0 Å². The minimum Gasteiger partial charge on any atom is -0.480 e. The first-order chi connectivity index (χ1) is 6.70. The van der Waals surface area contributed by atoms with Gasteiger partial charge in [-0.25, -0.2) is 0 Å². The first kappa shape index (κ1) is 11.5. The maximum atomic E-state index is 10.5. The predicted octanol–water partition coefficient (Wildman–Crippen LogP) is 0.535. The molecule has 2 N–H and O–H groups in total. The third-order valence-corrected chi connectivity index (χ3v) is 2.67. The van der Waals surface area contributed by atoms with Crippen molar-refractivity contribution in [1.82, 2.24) is 10.2 Å². The lowest BCUT2D eigenvalue weighted by molar-refractivity contribution is -0.138. The molecule has 0 aromatic heterocycles. The minimum absolute atomic E-state index is 0.423. The van der Waals surface area contributed by atoms with Crippen molar-refractivity contribution in [2.45, 2.75) is 32.2 Å². The normalized spacial score (nSPS) is 19.8. The molecule has 0 spiro atoms. The fraction of sp³-hybridized carbons (Fsp3) is 0.900. The van der Waals surface area contributed by atoms with Crippen LogP contribution >= 0.6 is 0 Å². The summed E-state index contributed by atoms with van der Waals surface area (Å²) >= 11 is 0. The zero-order chi connectivity index (χ0) is 10.4. The van der Waals surface area contributed by atoms with Crippen molar-refractivity contribution in [3.05, 3.63) is 0 Å². The Kier molecular flexibility index (Phi) is 4.90. The van der Waals surface area contributed by atoms with Gasteiger partial charge in [0.15, 0.2) is 0 Å². The molecule has 14 heavy (non-hydrogen) atoms. The van der Waals surface area contributed by atoms with Gasteiger partial charge in [0.1, 0.15) is 6.04 Å². The van der Waals surface area contributed by atoms with Gasteiger partial charge in [0.05, 0.1) is 0 Å². The van der Waals surface area contributed by atoms with E-state index in [1.807, 2.05) is 0 Å². The molecule has 1 aliphatic heterocycles. The fourth-order valence-corrected chi connectivity index (χ4v) is 1.71. The summed E-state index contributed by atoms with van der Waals surface area (Å²) in [6, 6.07) is -0.423. The second kappa shape index (κ2) is 5.98.